The highest BCUT2D eigenvalue weighted by Crippen LogP contribution is 2.34. The Bertz CT molecular complexity index is 705. The summed E-state index contributed by atoms with van der Waals surface area (Å²) in [5, 5.41) is 12.2. The summed E-state index contributed by atoms with van der Waals surface area (Å²) in [4.78, 5) is 28.5. The molecule has 0 aromatic heterocycles. The lowest BCUT2D eigenvalue weighted by Gasteiger charge is -2.36. The summed E-state index contributed by atoms with van der Waals surface area (Å²) in [6.45, 7) is 2.50. The predicted molar refractivity (Wildman–Crippen MR) is 91.6 cm³/mol. The molecule has 1 unspecified atom stereocenters. The molecule has 1 aromatic rings. The zero-order valence-corrected chi connectivity index (χ0v) is 14.1. The molecule has 6 heteroatoms. The second kappa shape index (κ2) is 6.16. The molecule has 0 saturated heterocycles. The molecule has 2 aliphatic rings. The van der Waals surface area contributed by atoms with Crippen molar-refractivity contribution in [1.82, 2.24) is 5.32 Å². The van der Waals surface area contributed by atoms with Gasteiger partial charge in [-0.2, -0.15) is 5.26 Å². The van der Waals surface area contributed by atoms with Crippen LogP contribution in [0.15, 0.2) is 24.3 Å². The number of amides is 2. The number of nitriles is 1. The van der Waals surface area contributed by atoms with Crippen molar-refractivity contribution in [2.45, 2.75) is 31.7 Å². The van der Waals surface area contributed by atoms with E-state index in [1.165, 1.54) is 0 Å². The third-order valence-corrected chi connectivity index (χ3v) is 4.96. The first-order chi connectivity index (χ1) is 11.5. The number of carbonyl (C=O) groups is 2. The first-order valence-electron chi connectivity index (χ1n) is 8.29. The van der Waals surface area contributed by atoms with Crippen molar-refractivity contribution in [3.05, 3.63) is 24.3 Å². The van der Waals surface area contributed by atoms with E-state index in [0.29, 0.717) is 19.4 Å². The van der Waals surface area contributed by atoms with Gasteiger partial charge in [0.2, 0.25) is 11.8 Å². The summed E-state index contributed by atoms with van der Waals surface area (Å²) >= 11 is 0. The fraction of sp³-hybridized carbons (Fsp3) is 0.500. The van der Waals surface area contributed by atoms with Gasteiger partial charge in [0.25, 0.3) is 0 Å². The molecule has 1 atom stereocenters. The monoisotopic (exact) mass is 326 g/mol. The molecule has 1 aliphatic carbocycles. The van der Waals surface area contributed by atoms with E-state index in [9.17, 15) is 14.9 Å². The summed E-state index contributed by atoms with van der Waals surface area (Å²) in [5.41, 5.74) is 0.978. The summed E-state index contributed by atoms with van der Waals surface area (Å²) in [6, 6.07) is 9.83. The van der Waals surface area contributed by atoms with Gasteiger partial charge >= 0.3 is 0 Å². The molecule has 2 amide bonds. The lowest BCUT2D eigenvalue weighted by atomic mass is 9.78. The maximum atomic E-state index is 12.5. The van der Waals surface area contributed by atoms with Gasteiger partial charge in [-0.3, -0.25) is 9.59 Å². The lowest BCUT2D eigenvalue weighted by molar-refractivity contribution is -0.123. The van der Waals surface area contributed by atoms with Crippen molar-refractivity contribution in [3.63, 3.8) is 0 Å². The Labute approximate surface area is 142 Å². The molecule has 24 heavy (non-hydrogen) atoms. The number of nitrogens with zero attached hydrogens (tertiary/aromatic N) is 3. The van der Waals surface area contributed by atoms with Crippen molar-refractivity contribution < 1.29 is 9.59 Å². The van der Waals surface area contributed by atoms with Crippen LogP contribution >= 0.6 is 0 Å². The van der Waals surface area contributed by atoms with Gasteiger partial charge in [-0.15, -0.1) is 0 Å². The first-order valence-corrected chi connectivity index (χ1v) is 8.29. The SMILES string of the molecule is CC1CN(CC(=O)NC2(C#N)CCC2)c2ccccc2N(C)C1=O. The van der Waals surface area contributed by atoms with Gasteiger partial charge in [-0.05, 0) is 31.4 Å². The maximum Gasteiger partial charge on any atom is 0.240 e. The standard InChI is InChI=1S/C18H22N4O2/c1-13-10-22(11-16(23)20-18(12-19)8-5-9-18)15-7-4-3-6-14(15)21(2)17(13)24/h3-4,6-7,13H,5,8-11H2,1-2H3,(H,20,23). The minimum absolute atomic E-state index is 0.0397. The molecule has 1 aromatic carbocycles. The lowest BCUT2D eigenvalue weighted by Crippen LogP contribution is -2.55. The Balaban J connectivity index is 1.82. The molecule has 0 bridgehead atoms. The van der Waals surface area contributed by atoms with E-state index in [1.54, 1.807) is 11.9 Å². The number of hydrogen-bond donors (Lipinski definition) is 1. The molecule has 1 heterocycles. The zero-order chi connectivity index (χ0) is 17.3. The largest absolute Gasteiger partial charge is 0.360 e. The fourth-order valence-corrected chi connectivity index (χ4v) is 3.40. The third-order valence-electron chi connectivity index (χ3n) is 4.96. The molecular formula is C18H22N4O2. The van der Waals surface area contributed by atoms with Crippen LogP contribution in [0.4, 0.5) is 11.4 Å². The van der Waals surface area contributed by atoms with E-state index in [1.807, 2.05) is 36.1 Å². The van der Waals surface area contributed by atoms with E-state index in [2.05, 4.69) is 11.4 Å². The van der Waals surface area contributed by atoms with Crippen LogP contribution < -0.4 is 15.1 Å². The van der Waals surface area contributed by atoms with Gasteiger partial charge in [0, 0.05) is 13.6 Å². The van der Waals surface area contributed by atoms with Gasteiger partial charge < -0.3 is 15.1 Å². The van der Waals surface area contributed by atoms with Crippen LogP contribution in [0.25, 0.3) is 0 Å². The number of carbonyl (C=O) groups excluding carboxylic acids is 2. The molecule has 1 fully saturated rings. The highest BCUT2D eigenvalue weighted by atomic mass is 16.2. The molecule has 1 saturated carbocycles. The van der Waals surface area contributed by atoms with E-state index in [4.69, 9.17) is 0 Å². The van der Waals surface area contributed by atoms with Crippen LogP contribution in [-0.2, 0) is 9.59 Å². The smallest absolute Gasteiger partial charge is 0.240 e. The third kappa shape index (κ3) is 2.82. The van der Waals surface area contributed by atoms with Crippen molar-refractivity contribution in [2.75, 3.05) is 29.9 Å². The second-order valence-corrected chi connectivity index (χ2v) is 6.76. The van der Waals surface area contributed by atoms with Gasteiger partial charge in [0.1, 0.15) is 5.54 Å². The Morgan fingerprint density at radius 3 is 2.62 bits per heavy atom. The molecule has 3 rings (SSSR count). The quantitative estimate of drug-likeness (QED) is 0.916. The first kappa shape index (κ1) is 16.3. The molecule has 1 aliphatic heterocycles. The molecule has 6 nitrogen and oxygen atoms in total. The minimum atomic E-state index is -0.694. The number of fused-ring (bicyclic) bond motifs is 1. The molecule has 0 radical (unpaired) electrons. The van der Waals surface area contributed by atoms with Gasteiger partial charge in [-0.1, -0.05) is 19.1 Å². The summed E-state index contributed by atoms with van der Waals surface area (Å²) in [6.07, 6.45) is 2.39. The predicted octanol–water partition coefficient (Wildman–Crippen LogP) is 1.67. The highest BCUT2D eigenvalue weighted by Gasteiger charge is 2.39. The minimum Gasteiger partial charge on any atom is -0.360 e. The van der Waals surface area contributed by atoms with Gasteiger partial charge in [-0.25, -0.2) is 0 Å². The van der Waals surface area contributed by atoms with Crippen molar-refractivity contribution in [2.24, 2.45) is 5.92 Å². The molecule has 1 N–H and O–H groups in total. The van der Waals surface area contributed by atoms with Crippen LogP contribution in [0.5, 0.6) is 0 Å². The molecule has 0 spiro atoms. The van der Waals surface area contributed by atoms with Gasteiger partial charge in [0.05, 0.1) is 29.9 Å². The summed E-state index contributed by atoms with van der Waals surface area (Å²) in [5.74, 6) is -0.336. The number of benzene rings is 1. The van der Waals surface area contributed by atoms with E-state index >= 15 is 0 Å². The number of hydrogen-bond acceptors (Lipinski definition) is 4. The average molecular weight is 326 g/mol. The second-order valence-electron chi connectivity index (χ2n) is 6.76. The van der Waals surface area contributed by atoms with Crippen molar-refractivity contribution in [1.29, 1.82) is 5.26 Å². The van der Waals surface area contributed by atoms with E-state index in [0.717, 1.165) is 17.8 Å². The van der Waals surface area contributed by atoms with Crippen LogP contribution in [-0.4, -0.2) is 37.5 Å². The number of anilines is 2. The Morgan fingerprint density at radius 2 is 2.04 bits per heavy atom. The Hall–Kier alpha value is -2.55. The highest BCUT2D eigenvalue weighted by molar-refractivity contribution is 6.00. The normalized spacial score (nSPS) is 22.0. The van der Waals surface area contributed by atoms with Crippen molar-refractivity contribution in [3.8, 4) is 6.07 Å². The summed E-state index contributed by atoms with van der Waals surface area (Å²) in [7, 11) is 1.76. The van der Waals surface area contributed by atoms with Crippen LogP contribution in [0.2, 0.25) is 0 Å². The zero-order valence-electron chi connectivity index (χ0n) is 14.1. The van der Waals surface area contributed by atoms with Crippen LogP contribution in [0.3, 0.4) is 0 Å². The van der Waals surface area contributed by atoms with Crippen LogP contribution in [0, 0.1) is 17.2 Å². The number of nitrogens with one attached hydrogen (secondary N) is 1. The van der Waals surface area contributed by atoms with Gasteiger partial charge in [0.15, 0.2) is 0 Å². The van der Waals surface area contributed by atoms with E-state index in [-0.39, 0.29) is 24.3 Å². The number of para-hydroxylation sites is 2. The Kier molecular flexibility index (Phi) is 4.18. The van der Waals surface area contributed by atoms with Crippen LogP contribution in [0.1, 0.15) is 26.2 Å². The average Bonchev–Trinajstić information content (AvgIpc) is 2.63. The van der Waals surface area contributed by atoms with Crippen molar-refractivity contribution >= 4 is 23.2 Å². The topological polar surface area (TPSA) is 76.4 Å². The molecule has 126 valence electrons. The summed E-state index contributed by atoms with van der Waals surface area (Å²) < 4.78 is 0. The van der Waals surface area contributed by atoms with E-state index < -0.39 is 5.54 Å². The number of rotatable bonds is 3. The fourth-order valence-electron chi connectivity index (χ4n) is 3.40. The Morgan fingerprint density at radius 1 is 1.38 bits per heavy atom. The molecular weight excluding hydrogens is 304 g/mol. The maximum absolute atomic E-state index is 12.5.